The molecule has 0 aromatic carbocycles. The molecule has 0 radical (unpaired) electrons. The highest BCUT2D eigenvalue weighted by molar-refractivity contribution is 5.85. The van der Waals surface area contributed by atoms with Gasteiger partial charge in [0, 0.05) is 0 Å². The fourth-order valence-electron chi connectivity index (χ4n) is 0.895. The molecule has 1 fully saturated rings. The van der Waals surface area contributed by atoms with Crippen LogP contribution in [0, 0.1) is 0 Å². The molecule has 0 aromatic rings. The smallest absolute Gasteiger partial charge is 0.320 e. The van der Waals surface area contributed by atoms with Crippen LogP contribution in [0.1, 0.15) is 12.8 Å². The molecule has 0 aromatic heterocycles. The Balaban J connectivity index is 0. The highest BCUT2D eigenvalue weighted by Crippen LogP contribution is 2.03. The van der Waals surface area contributed by atoms with E-state index in [0.29, 0.717) is 0 Å². The van der Waals surface area contributed by atoms with Gasteiger partial charge >= 0.3 is 5.97 Å². The van der Waals surface area contributed by atoms with Crippen molar-refractivity contribution in [2.45, 2.75) is 18.9 Å². The largest absolute Gasteiger partial charge is 0.480 e. The van der Waals surface area contributed by atoms with Gasteiger partial charge in [0.1, 0.15) is 6.04 Å². The third-order valence-electron chi connectivity index (χ3n) is 1.36. The van der Waals surface area contributed by atoms with E-state index in [-0.39, 0.29) is 30.9 Å². The van der Waals surface area contributed by atoms with Gasteiger partial charge in [-0.25, -0.2) is 0 Å². The lowest BCUT2D eigenvalue weighted by molar-refractivity contribution is -0.139. The molecule has 10 heavy (non-hydrogen) atoms. The lowest BCUT2D eigenvalue weighted by atomic mass is 10.2. The summed E-state index contributed by atoms with van der Waals surface area (Å²) in [6.45, 7) is 0.858. The van der Waals surface area contributed by atoms with Crippen molar-refractivity contribution in [3.05, 3.63) is 0 Å². The molecule has 1 rings (SSSR count). The summed E-state index contributed by atoms with van der Waals surface area (Å²) < 4.78 is 0. The van der Waals surface area contributed by atoms with E-state index in [4.69, 9.17) is 5.11 Å². The minimum atomic E-state index is -0.720. The first-order valence-corrected chi connectivity index (χ1v) is 2.77. The summed E-state index contributed by atoms with van der Waals surface area (Å²) in [4.78, 5) is 10.1. The second kappa shape index (κ2) is 5.77. The molecule has 1 saturated heterocycles. The second-order valence-electron chi connectivity index (χ2n) is 1.99. The topological polar surface area (TPSA) is 49.3 Å². The Morgan fingerprint density at radius 2 is 2.10 bits per heavy atom. The SMILES string of the molecule is Cl.Cl.O=C(O)C1CCCN1. The van der Waals surface area contributed by atoms with Gasteiger partial charge in [-0.05, 0) is 19.4 Å². The molecule has 2 N–H and O–H groups in total. The molecule has 62 valence electrons. The molecule has 5 heteroatoms. The molecule has 3 nitrogen and oxygen atoms in total. The average Bonchev–Trinajstić information content (AvgIpc) is 2.12. The molecule has 1 heterocycles. The van der Waals surface area contributed by atoms with Gasteiger partial charge in [0.25, 0.3) is 0 Å². The number of halogens is 2. The van der Waals surface area contributed by atoms with Crippen molar-refractivity contribution in [1.82, 2.24) is 5.32 Å². The van der Waals surface area contributed by atoms with Crippen molar-refractivity contribution in [3.8, 4) is 0 Å². The van der Waals surface area contributed by atoms with Crippen LogP contribution in [0.15, 0.2) is 0 Å². The summed E-state index contributed by atoms with van der Waals surface area (Å²) in [7, 11) is 0. The molecular formula is C5H11Cl2NO2. The molecule has 0 saturated carbocycles. The lowest BCUT2D eigenvalue weighted by Gasteiger charge is -1.99. The quantitative estimate of drug-likeness (QED) is 0.635. The summed E-state index contributed by atoms with van der Waals surface area (Å²) in [6, 6.07) is -0.269. The summed E-state index contributed by atoms with van der Waals surface area (Å²) in [6.07, 6.45) is 1.78. The number of carboxylic acids is 1. The number of hydrogen-bond acceptors (Lipinski definition) is 2. The molecule has 0 spiro atoms. The van der Waals surface area contributed by atoms with E-state index in [2.05, 4.69) is 5.32 Å². The Hall–Kier alpha value is 0.01000. The van der Waals surface area contributed by atoms with E-state index >= 15 is 0 Å². The standard InChI is InChI=1S/C5H9NO2.2ClH/c7-5(8)4-2-1-3-6-4;;/h4,6H,1-3H2,(H,7,8);2*1H. The van der Waals surface area contributed by atoms with Gasteiger partial charge in [0.05, 0.1) is 0 Å². The van der Waals surface area contributed by atoms with Crippen LogP contribution in [-0.4, -0.2) is 23.7 Å². The molecular weight excluding hydrogens is 177 g/mol. The molecule has 1 atom stereocenters. The normalized spacial score (nSPS) is 22.6. The Kier molecular flexibility index (Phi) is 7.31. The maximum absolute atomic E-state index is 10.1. The van der Waals surface area contributed by atoms with Crippen molar-refractivity contribution >= 4 is 30.8 Å². The maximum atomic E-state index is 10.1. The maximum Gasteiger partial charge on any atom is 0.320 e. The lowest BCUT2D eigenvalue weighted by Crippen LogP contribution is -2.29. The van der Waals surface area contributed by atoms with E-state index in [1.807, 2.05) is 0 Å². The predicted octanol–water partition coefficient (Wildman–Crippen LogP) is 0.667. The summed E-state index contributed by atoms with van der Waals surface area (Å²) in [5.41, 5.74) is 0. The Morgan fingerprint density at radius 1 is 1.50 bits per heavy atom. The van der Waals surface area contributed by atoms with E-state index in [9.17, 15) is 4.79 Å². The second-order valence-corrected chi connectivity index (χ2v) is 1.99. The first kappa shape index (κ1) is 12.7. The van der Waals surface area contributed by atoms with Gasteiger partial charge < -0.3 is 10.4 Å². The first-order chi connectivity index (χ1) is 3.80. The van der Waals surface area contributed by atoms with Crippen LogP contribution >= 0.6 is 24.8 Å². The minimum Gasteiger partial charge on any atom is -0.480 e. The molecule has 0 amide bonds. The fourth-order valence-corrected chi connectivity index (χ4v) is 0.895. The van der Waals surface area contributed by atoms with Gasteiger partial charge in [-0.1, -0.05) is 0 Å². The molecule has 0 bridgehead atoms. The van der Waals surface area contributed by atoms with Gasteiger partial charge in [-0.2, -0.15) is 0 Å². The van der Waals surface area contributed by atoms with Crippen LogP contribution in [0.2, 0.25) is 0 Å². The zero-order valence-electron chi connectivity index (χ0n) is 5.37. The van der Waals surface area contributed by atoms with Gasteiger partial charge in [0.2, 0.25) is 0 Å². The van der Waals surface area contributed by atoms with Crippen LogP contribution < -0.4 is 5.32 Å². The fraction of sp³-hybridized carbons (Fsp3) is 0.800. The van der Waals surface area contributed by atoms with Crippen molar-refractivity contribution in [2.75, 3.05) is 6.54 Å². The van der Waals surface area contributed by atoms with Crippen LogP contribution in [-0.2, 0) is 4.79 Å². The van der Waals surface area contributed by atoms with Crippen molar-refractivity contribution in [2.24, 2.45) is 0 Å². The summed E-state index contributed by atoms with van der Waals surface area (Å²) >= 11 is 0. The summed E-state index contributed by atoms with van der Waals surface area (Å²) in [5.74, 6) is -0.720. The van der Waals surface area contributed by atoms with Crippen LogP contribution in [0.3, 0.4) is 0 Å². The molecule has 0 aliphatic carbocycles. The van der Waals surface area contributed by atoms with Gasteiger partial charge in [0.15, 0.2) is 0 Å². The van der Waals surface area contributed by atoms with Crippen molar-refractivity contribution < 1.29 is 9.90 Å². The van der Waals surface area contributed by atoms with E-state index in [1.165, 1.54) is 0 Å². The Labute approximate surface area is 72.0 Å². The number of aliphatic carboxylic acids is 1. The van der Waals surface area contributed by atoms with Crippen LogP contribution in [0.4, 0.5) is 0 Å². The third-order valence-corrected chi connectivity index (χ3v) is 1.36. The van der Waals surface area contributed by atoms with E-state index < -0.39 is 5.97 Å². The highest BCUT2D eigenvalue weighted by Gasteiger charge is 2.20. The number of carboxylic acid groups (broad SMARTS) is 1. The zero-order valence-corrected chi connectivity index (χ0v) is 7.00. The van der Waals surface area contributed by atoms with Crippen molar-refractivity contribution in [3.63, 3.8) is 0 Å². The monoisotopic (exact) mass is 187 g/mol. The number of carbonyl (C=O) groups is 1. The molecule has 1 aliphatic heterocycles. The highest BCUT2D eigenvalue weighted by atomic mass is 35.5. The number of rotatable bonds is 1. The Bertz CT molecular complexity index is 104. The predicted molar refractivity (Wildman–Crippen MR) is 43.2 cm³/mol. The Morgan fingerprint density at radius 3 is 2.30 bits per heavy atom. The molecule has 1 unspecified atom stereocenters. The molecule has 1 aliphatic rings. The van der Waals surface area contributed by atoms with Gasteiger partial charge in [-0.15, -0.1) is 24.8 Å². The zero-order chi connectivity index (χ0) is 5.98. The van der Waals surface area contributed by atoms with Gasteiger partial charge in [-0.3, -0.25) is 4.79 Å². The van der Waals surface area contributed by atoms with Crippen molar-refractivity contribution in [1.29, 1.82) is 0 Å². The third kappa shape index (κ3) is 3.25. The van der Waals surface area contributed by atoms with E-state index in [1.54, 1.807) is 0 Å². The number of hydrogen-bond donors (Lipinski definition) is 2. The minimum absolute atomic E-state index is 0. The van der Waals surface area contributed by atoms with Crippen LogP contribution in [0.5, 0.6) is 0 Å². The van der Waals surface area contributed by atoms with Crippen LogP contribution in [0.25, 0.3) is 0 Å². The van der Waals surface area contributed by atoms with E-state index in [0.717, 1.165) is 19.4 Å². The summed E-state index contributed by atoms with van der Waals surface area (Å²) in [5, 5.41) is 11.2. The first-order valence-electron chi connectivity index (χ1n) is 2.77. The average molecular weight is 188 g/mol. The number of nitrogens with one attached hydrogen (secondary N) is 1.